The number of nitrogens with zero attached hydrogens (tertiary/aromatic N) is 2. The van der Waals surface area contributed by atoms with E-state index in [2.05, 4.69) is 22.7 Å². The molecule has 3 N–H and O–H groups in total. The number of carbonyl (C=O) groups is 1. The van der Waals surface area contributed by atoms with Gasteiger partial charge in [0.25, 0.3) is 5.91 Å². The van der Waals surface area contributed by atoms with E-state index in [1.807, 2.05) is 37.3 Å². The molecule has 0 bridgehead atoms. The first-order chi connectivity index (χ1) is 8.56. The first kappa shape index (κ1) is 14.1. The van der Waals surface area contributed by atoms with Crippen molar-refractivity contribution in [2.45, 2.75) is 13.8 Å². The van der Waals surface area contributed by atoms with Crippen molar-refractivity contribution >= 4 is 34.6 Å². The Morgan fingerprint density at radius 1 is 1.44 bits per heavy atom. The summed E-state index contributed by atoms with van der Waals surface area (Å²) < 4.78 is 0. The number of hydrogen-bond acceptors (Lipinski definition) is 3. The Bertz CT molecular complexity index is 458. The lowest BCUT2D eigenvalue weighted by Gasteiger charge is -2.20. The molecule has 0 spiro atoms. The molecular weight excluding hydrogens is 248 g/mol. The molecule has 0 saturated heterocycles. The largest absolute Gasteiger partial charge is 0.375 e. The van der Waals surface area contributed by atoms with E-state index < -0.39 is 0 Å². The Labute approximate surface area is 112 Å². The van der Waals surface area contributed by atoms with E-state index in [0.717, 1.165) is 5.69 Å². The quantitative estimate of drug-likeness (QED) is 0.488. The number of anilines is 1. The first-order valence-corrected chi connectivity index (χ1v) is 5.93. The zero-order valence-electron chi connectivity index (χ0n) is 10.4. The van der Waals surface area contributed by atoms with Crippen LogP contribution in [0.3, 0.4) is 0 Å². The van der Waals surface area contributed by atoms with Gasteiger partial charge in [0.15, 0.2) is 5.11 Å². The Hall–Kier alpha value is -1.95. The fraction of sp³-hybridized carbons (Fsp3) is 0.250. The summed E-state index contributed by atoms with van der Waals surface area (Å²) in [4.78, 5) is 13.8. The maximum Gasteiger partial charge on any atom is 0.274 e. The molecule has 0 aliphatic heterocycles. The maximum absolute atomic E-state index is 12.2. The second kappa shape index (κ2) is 6.70. The van der Waals surface area contributed by atoms with Crippen LogP contribution in [0.1, 0.15) is 13.8 Å². The summed E-state index contributed by atoms with van der Waals surface area (Å²) in [5, 5.41) is 3.86. The average molecular weight is 264 g/mol. The number of para-hydroxylation sites is 1. The van der Waals surface area contributed by atoms with Crippen molar-refractivity contribution in [2.24, 2.45) is 10.8 Å². The molecule has 0 heterocycles. The molecule has 1 rings (SSSR count). The number of nitrogens with two attached hydrogens (primary N) is 1. The molecule has 6 heteroatoms. The highest BCUT2D eigenvalue weighted by atomic mass is 32.1. The maximum atomic E-state index is 12.2. The Morgan fingerprint density at radius 3 is 2.56 bits per heavy atom. The van der Waals surface area contributed by atoms with Crippen molar-refractivity contribution in [3.63, 3.8) is 0 Å². The van der Waals surface area contributed by atoms with Gasteiger partial charge in [0.05, 0.1) is 0 Å². The zero-order chi connectivity index (χ0) is 13.5. The third-order valence-corrected chi connectivity index (χ3v) is 2.36. The van der Waals surface area contributed by atoms with Gasteiger partial charge in [0.1, 0.15) is 5.71 Å². The second-order valence-electron chi connectivity index (χ2n) is 3.56. The Kier molecular flexibility index (Phi) is 5.26. The topological polar surface area (TPSA) is 70.7 Å². The lowest BCUT2D eigenvalue weighted by molar-refractivity contribution is -0.112. The number of rotatable bonds is 4. The highest BCUT2D eigenvalue weighted by Crippen LogP contribution is 2.13. The molecular formula is C12H16N4OS. The predicted octanol–water partition coefficient (Wildman–Crippen LogP) is 1.25. The van der Waals surface area contributed by atoms with Gasteiger partial charge in [0, 0.05) is 12.2 Å². The third-order valence-electron chi connectivity index (χ3n) is 2.27. The number of thiocarbonyl (C=S) groups is 1. The minimum atomic E-state index is -0.188. The Morgan fingerprint density at radius 2 is 2.06 bits per heavy atom. The molecule has 0 unspecified atom stereocenters. The van der Waals surface area contributed by atoms with Crippen molar-refractivity contribution < 1.29 is 4.79 Å². The summed E-state index contributed by atoms with van der Waals surface area (Å²) in [6.07, 6.45) is 0. The van der Waals surface area contributed by atoms with Gasteiger partial charge in [-0.3, -0.25) is 10.2 Å². The van der Waals surface area contributed by atoms with Crippen LogP contribution in [0.5, 0.6) is 0 Å². The Balaban J connectivity index is 2.86. The molecule has 96 valence electrons. The molecule has 1 aromatic rings. The summed E-state index contributed by atoms with van der Waals surface area (Å²) in [6.45, 7) is 4.07. The fourth-order valence-corrected chi connectivity index (χ4v) is 1.48. The summed E-state index contributed by atoms with van der Waals surface area (Å²) in [6, 6.07) is 9.40. The lowest BCUT2D eigenvalue weighted by atomic mass is 10.2. The number of benzene rings is 1. The SMILES string of the molecule is CCN(C(=O)C(C)=NNC(N)=S)c1ccccc1. The minimum Gasteiger partial charge on any atom is -0.375 e. The molecule has 0 aliphatic carbocycles. The van der Waals surface area contributed by atoms with Gasteiger partial charge in [-0.15, -0.1) is 0 Å². The van der Waals surface area contributed by atoms with Crippen LogP contribution < -0.4 is 16.1 Å². The van der Waals surface area contributed by atoms with Crippen LogP contribution in [0, 0.1) is 0 Å². The van der Waals surface area contributed by atoms with E-state index in [1.165, 1.54) is 0 Å². The number of amides is 1. The summed E-state index contributed by atoms with van der Waals surface area (Å²) in [5.41, 5.74) is 8.78. The molecule has 0 fully saturated rings. The molecule has 0 aromatic heterocycles. The molecule has 5 nitrogen and oxygen atoms in total. The fourth-order valence-electron chi connectivity index (χ4n) is 1.43. The van der Waals surface area contributed by atoms with E-state index in [1.54, 1.807) is 11.8 Å². The first-order valence-electron chi connectivity index (χ1n) is 5.53. The molecule has 18 heavy (non-hydrogen) atoms. The van der Waals surface area contributed by atoms with Gasteiger partial charge in [-0.2, -0.15) is 5.10 Å². The number of nitrogens with one attached hydrogen (secondary N) is 1. The van der Waals surface area contributed by atoms with Gasteiger partial charge >= 0.3 is 0 Å². The van der Waals surface area contributed by atoms with Crippen LogP contribution in [0.2, 0.25) is 0 Å². The van der Waals surface area contributed by atoms with Gasteiger partial charge < -0.3 is 10.6 Å². The smallest absolute Gasteiger partial charge is 0.274 e. The number of carbonyl (C=O) groups excluding carboxylic acids is 1. The second-order valence-corrected chi connectivity index (χ2v) is 4.00. The van der Waals surface area contributed by atoms with Crippen LogP contribution in [-0.2, 0) is 4.79 Å². The molecule has 1 amide bonds. The monoisotopic (exact) mass is 264 g/mol. The van der Waals surface area contributed by atoms with E-state index in [-0.39, 0.29) is 11.0 Å². The third kappa shape index (κ3) is 3.81. The highest BCUT2D eigenvalue weighted by molar-refractivity contribution is 7.80. The minimum absolute atomic E-state index is 0.0323. The molecule has 0 saturated carbocycles. The summed E-state index contributed by atoms with van der Waals surface area (Å²) >= 11 is 4.62. The van der Waals surface area contributed by atoms with Gasteiger partial charge in [0.2, 0.25) is 0 Å². The van der Waals surface area contributed by atoms with Crippen molar-refractivity contribution in [3.8, 4) is 0 Å². The molecule has 0 atom stereocenters. The highest BCUT2D eigenvalue weighted by Gasteiger charge is 2.16. The number of hydrogen-bond donors (Lipinski definition) is 2. The van der Waals surface area contributed by atoms with E-state index in [0.29, 0.717) is 12.3 Å². The van der Waals surface area contributed by atoms with Gasteiger partial charge in [-0.1, -0.05) is 18.2 Å². The van der Waals surface area contributed by atoms with Crippen molar-refractivity contribution in [3.05, 3.63) is 30.3 Å². The van der Waals surface area contributed by atoms with Crippen molar-refractivity contribution in [2.75, 3.05) is 11.4 Å². The van der Waals surface area contributed by atoms with E-state index in [9.17, 15) is 4.79 Å². The van der Waals surface area contributed by atoms with Gasteiger partial charge in [-0.25, -0.2) is 0 Å². The molecule has 0 aliphatic rings. The van der Waals surface area contributed by atoms with Crippen LogP contribution in [0.25, 0.3) is 0 Å². The van der Waals surface area contributed by atoms with Crippen molar-refractivity contribution in [1.29, 1.82) is 0 Å². The summed E-state index contributed by atoms with van der Waals surface area (Å²) in [5.74, 6) is -0.188. The van der Waals surface area contributed by atoms with E-state index in [4.69, 9.17) is 5.73 Å². The van der Waals surface area contributed by atoms with Crippen LogP contribution in [-0.4, -0.2) is 23.3 Å². The normalized spacial score (nSPS) is 10.9. The van der Waals surface area contributed by atoms with Crippen molar-refractivity contribution in [1.82, 2.24) is 5.43 Å². The van der Waals surface area contributed by atoms with Crippen LogP contribution in [0.15, 0.2) is 35.4 Å². The van der Waals surface area contributed by atoms with Crippen LogP contribution in [0.4, 0.5) is 5.69 Å². The number of hydrazone groups is 1. The van der Waals surface area contributed by atoms with E-state index >= 15 is 0 Å². The van der Waals surface area contributed by atoms with Gasteiger partial charge in [-0.05, 0) is 38.2 Å². The lowest BCUT2D eigenvalue weighted by Crippen LogP contribution is -2.37. The summed E-state index contributed by atoms with van der Waals surface area (Å²) in [7, 11) is 0. The zero-order valence-corrected chi connectivity index (χ0v) is 11.2. The molecule has 1 aromatic carbocycles. The van der Waals surface area contributed by atoms with Crippen LogP contribution >= 0.6 is 12.2 Å². The predicted molar refractivity (Wildman–Crippen MR) is 77.5 cm³/mol. The molecule has 0 radical (unpaired) electrons. The standard InChI is InChI=1S/C12H16N4OS/c1-3-16(10-7-5-4-6-8-10)11(17)9(2)14-15-12(13)18/h4-8H,3H2,1-2H3,(H3,13,15,18). The average Bonchev–Trinajstić information content (AvgIpc) is 2.38.